The van der Waals surface area contributed by atoms with Crippen molar-refractivity contribution in [3.63, 3.8) is 0 Å². The fourth-order valence-corrected chi connectivity index (χ4v) is 3.26. The van der Waals surface area contributed by atoms with Crippen LogP contribution in [0.1, 0.15) is 67.5 Å². The molecule has 146 valence electrons. The second kappa shape index (κ2) is 8.99. The Hall–Kier alpha value is -2.41. The van der Waals surface area contributed by atoms with Gasteiger partial charge in [0.15, 0.2) is 5.76 Å². The largest absolute Gasteiger partial charge is 0.453 e. The minimum Gasteiger partial charge on any atom is -0.453 e. The molecule has 7 nitrogen and oxygen atoms in total. The minimum absolute atomic E-state index is 0.0766. The summed E-state index contributed by atoms with van der Waals surface area (Å²) in [5.41, 5.74) is 0.816. The molecule has 0 aromatic carbocycles. The van der Waals surface area contributed by atoms with E-state index in [1.807, 2.05) is 13.8 Å². The first-order valence-corrected chi connectivity index (χ1v) is 9.58. The molecule has 0 unspecified atom stereocenters. The molecule has 3 rings (SSSR count). The van der Waals surface area contributed by atoms with Crippen molar-refractivity contribution < 1.29 is 13.9 Å². The number of aromatic nitrogens is 2. The van der Waals surface area contributed by atoms with Gasteiger partial charge in [-0.3, -0.25) is 14.2 Å². The fourth-order valence-electron chi connectivity index (χ4n) is 3.26. The number of nitrogens with one attached hydrogen (secondary N) is 1. The van der Waals surface area contributed by atoms with Gasteiger partial charge in [-0.05, 0) is 38.8 Å². The summed E-state index contributed by atoms with van der Waals surface area (Å²) in [6.45, 7) is 4.90. The zero-order valence-electron chi connectivity index (χ0n) is 15.9. The highest BCUT2D eigenvalue weighted by atomic mass is 16.5. The summed E-state index contributed by atoms with van der Waals surface area (Å²) in [6, 6.07) is 4.98. The molecule has 7 heteroatoms. The molecule has 0 radical (unpaired) electrons. The van der Waals surface area contributed by atoms with Crippen molar-refractivity contribution in [3.8, 4) is 0 Å². The van der Waals surface area contributed by atoms with Gasteiger partial charge < -0.3 is 14.5 Å². The second-order valence-corrected chi connectivity index (χ2v) is 7.21. The number of rotatable bonds is 8. The van der Waals surface area contributed by atoms with Crippen LogP contribution < -0.4 is 10.9 Å². The molecule has 2 heterocycles. The van der Waals surface area contributed by atoms with Crippen LogP contribution in [0.3, 0.4) is 0 Å². The van der Waals surface area contributed by atoms with Gasteiger partial charge in [-0.2, -0.15) is 0 Å². The lowest BCUT2D eigenvalue weighted by Gasteiger charge is -2.10. The van der Waals surface area contributed by atoms with E-state index in [1.54, 1.807) is 24.5 Å². The third-order valence-corrected chi connectivity index (χ3v) is 4.76. The highest BCUT2D eigenvalue weighted by Crippen LogP contribution is 2.32. The molecule has 2 aromatic rings. The summed E-state index contributed by atoms with van der Waals surface area (Å²) in [5.74, 6) is 0.949. The van der Waals surface area contributed by atoms with Crippen LogP contribution in [0.25, 0.3) is 0 Å². The molecule has 0 spiro atoms. The van der Waals surface area contributed by atoms with Crippen molar-refractivity contribution in [3.05, 3.63) is 52.1 Å². The summed E-state index contributed by atoms with van der Waals surface area (Å²) < 4.78 is 12.4. The van der Waals surface area contributed by atoms with E-state index in [9.17, 15) is 9.59 Å². The second-order valence-electron chi connectivity index (χ2n) is 7.21. The molecule has 0 atom stereocenters. The van der Waals surface area contributed by atoms with Gasteiger partial charge in [0.2, 0.25) is 0 Å². The van der Waals surface area contributed by atoms with E-state index in [0.29, 0.717) is 31.4 Å². The zero-order chi connectivity index (χ0) is 19.2. The van der Waals surface area contributed by atoms with Gasteiger partial charge in [0.25, 0.3) is 11.5 Å². The molecule has 0 aliphatic heterocycles. The number of furan rings is 1. The van der Waals surface area contributed by atoms with Crippen molar-refractivity contribution >= 4 is 5.91 Å². The molecule has 27 heavy (non-hydrogen) atoms. The molecule has 2 aromatic heterocycles. The summed E-state index contributed by atoms with van der Waals surface area (Å²) in [4.78, 5) is 28.8. The third kappa shape index (κ3) is 5.29. The van der Waals surface area contributed by atoms with Gasteiger partial charge in [-0.25, -0.2) is 4.98 Å². The lowest BCUT2D eigenvalue weighted by Crippen LogP contribution is -2.31. The number of ether oxygens (including phenoxy) is 1. The van der Waals surface area contributed by atoms with Gasteiger partial charge in [-0.15, -0.1) is 0 Å². The van der Waals surface area contributed by atoms with Crippen LogP contribution in [0.15, 0.2) is 33.7 Å². The number of amides is 1. The van der Waals surface area contributed by atoms with Gasteiger partial charge in [0, 0.05) is 25.1 Å². The van der Waals surface area contributed by atoms with Gasteiger partial charge in [-0.1, -0.05) is 12.8 Å². The topological polar surface area (TPSA) is 86.4 Å². The lowest BCUT2D eigenvalue weighted by atomic mass is 10.0. The van der Waals surface area contributed by atoms with Gasteiger partial charge in [0.05, 0.1) is 18.1 Å². The third-order valence-electron chi connectivity index (χ3n) is 4.76. The van der Waals surface area contributed by atoms with E-state index >= 15 is 0 Å². The molecular formula is C20H27N3O4. The Kier molecular flexibility index (Phi) is 6.45. The SMILES string of the molecule is CC(C)OCc1ccc(C(=O)NCCn2cnc(C3CCCC3)cc2=O)o1. The van der Waals surface area contributed by atoms with Gasteiger partial charge in [0.1, 0.15) is 12.4 Å². The Labute approximate surface area is 158 Å². The Morgan fingerprint density at radius 2 is 2.15 bits per heavy atom. The average Bonchev–Trinajstić information content (AvgIpc) is 3.33. The Morgan fingerprint density at radius 3 is 2.85 bits per heavy atom. The van der Waals surface area contributed by atoms with Crippen LogP contribution in [-0.2, 0) is 17.9 Å². The highest BCUT2D eigenvalue weighted by Gasteiger charge is 2.19. The predicted octanol–water partition coefficient (Wildman–Crippen LogP) is 2.85. The maximum Gasteiger partial charge on any atom is 0.287 e. The van der Waals surface area contributed by atoms with E-state index in [0.717, 1.165) is 18.5 Å². The molecule has 1 aliphatic carbocycles. The number of hydrogen-bond acceptors (Lipinski definition) is 5. The monoisotopic (exact) mass is 373 g/mol. The van der Waals surface area contributed by atoms with E-state index < -0.39 is 0 Å². The maximum atomic E-state index is 12.3. The van der Waals surface area contributed by atoms with Crippen LogP contribution in [0.2, 0.25) is 0 Å². The van der Waals surface area contributed by atoms with Gasteiger partial charge >= 0.3 is 0 Å². The van der Waals surface area contributed by atoms with E-state index in [1.165, 1.54) is 17.4 Å². The van der Waals surface area contributed by atoms with E-state index in [-0.39, 0.29) is 23.3 Å². The predicted molar refractivity (Wildman–Crippen MR) is 101 cm³/mol. The van der Waals surface area contributed by atoms with Crippen molar-refractivity contribution in [1.29, 1.82) is 0 Å². The molecular weight excluding hydrogens is 346 g/mol. The Bertz CT molecular complexity index is 819. The van der Waals surface area contributed by atoms with Crippen LogP contribution in [0.5, 0.6) is 0 Å². The van der Waals surface area contributed by atoms with Crippen LogP contribution in [-0.4, -0.2) is 28.1 Å². The zero-order valence-corrected chi connectivity index (χ0v) is 15.9. The fraction of sp³-hybridized carbons (Fsp3) is 0.550. The van der Waals surface area contributed by atoms with Crippen LogP contribution in [0.4, 0.5) is 0 Å². The molecule has 1 N–H and O–H groups in total. The first-order chi connectivity index (χ1) is 13.0. The average molecular weight is 373 g/mol. The number of nitrogens with zero attached hydrogens (tertiary/aromatic N) is 2. The smallest absolute Gasteiger partial charge is 0.287 e. The van der Waals surface area contributed by atoms with Crippen LogP contribution in [0, 0.1) is 0 Å². The maximum absolute atomic E-state index is 12.3. The van der Waals surface area contributed by atoms with Crippen LogP contribution >= 0.6 is 0 Å². The first-order valence-electron chi connectivity index (χ1n) is 9.58. The number of carbonyl (C=O) groups excluding carboxylic acids is 1. The molecule has 1 saturated carbocycles. The van der Waals surface area contributed by atoms with Crippen molar-refractivity contribution in [2.24, 2.45) is 0 Å². The molecule has 0 bridgehead atoms. The number of carbonyl (C=O) groups is 1. The Morgan fingerprint density at radius 1 is 1.37 bits per heavy atom. The van der Waals surface area contributed by atoms with E-state index in [4.69, 9.17) is 9.15 Å². The molecule has 1 aliphatic rings. The summed E-state index contributed by atoms with van der Waals surface area (Å²) in [6.07, 6.45) is 6.31. The number of hydrogen-bond donors (Lipinski definition) is 1. The van der Waals surface area contributed by atoms with Crippen molar-refractivity contribution in [2.75, 3.05) is 6.54 Å². The summed E-state index contributed by atoms with van der Waals surface area (Å²) in [7, 11) is 0. The molecule has 1 fully saturated rings. The molecule has 0 saturated heterocycles. The van der Waals surface area contributed by atoms with Crippen molar-refractivity contribution in [2.45, 2.75) is 64.7 Å². The normalized spacial score (nSPS) is 14.8. The van der Waals surface area contributed by atoms with E-state index in [2.05, 4.69) is 10.3 Å². The molecule has 1 amide bonds. The summed E-state index contributed by atoms with van der Waals surface area (Å²) in [5, 5.41) is 2.76. The first kappa shape index (κ1) is 19.4. The minimum atomic E-state index is -0.311. The van der Waals surface area contributed by atoms with Crippen molar-refractivity contribution in [1.82, 2.24) is 14.9 Å². The highest BCUT2D eigenvalue weighted by molar-refractivity contribution is 5.91. The lowest BCUT2D eigenvalue weighted by molar-refractivity contribution is 0.0535. The Balaban J connectivity index is 1.49. The quantitative estimate of drug-likeness (QED) is 0.769. The standard InChI is InChI=1S/C20H27N3O4/c1-14(2)26-12-16-7-8-18(27-16)20(25)21-9-10-23-13-22-17(11-19(23)24)15-5-3-4-6-15/h7-8,11,13-15H,3-6,9-10,12H2,1-2H3,(H,21,25). The summed E-state index contributed by atoms with van der Waals surface area (Å²) >= 11 is 0.